The number of hydrogen-bond donors (Lipinski definition) is 8. The summed E-state index contributed by atoms with van der Waals surface area (Å²) in [5.41, 5.74) is 11.8. The first-order valence-corrected chi connectivity index (χ1v) is 10.2. The predicted molar refractivity (Wildman–Crippen MR) is 116 cm³/mol. The molecule has 9 N–H and O–H groups in total. The van der Waals surface area contributed by atoms with Crippen molar-refractivity contribution in [2.75, 3.05) is 12.4 Å². The Bertz CT molecular complexity index is 824. The molecule has 0 aliphatic rings. The fraction of sp³-hybridized carbons (Fsp3) is 0.421. The maximum absolute atomic E-state index is 12.6. The number of hydrogen-bond acceptors (Lipinski definition) is 8. The van der Waals surface area contributed by atoms with Gasteiger partial charge < -0.3 is 37.6 Å². The molecule has 0 bridgehead atoms. The third kappa shape index (κ3) is 8.91. The van der Waals surface area contributed by atoms with Crippen LogP contribution in [0.15, 0.2) is 30.3 Å². The van der Waals surface area contributed by atoms with Crippen molar-refractivity contribution in [2.24, 2.45) is 11.5 Å². The Hall–Kier alpha value is -3.16. The van der Waals surface area contributed by atoms with Crippen LogP contribution in [0.3, 0.4) is 0 Å². The third-order valence-electron chi connectivity index (χ3n) is 4.29. The SMILES string of the molecule is NC(=O)CC(NC(=O)C(N)Cc1ccccc1)C(=O)NC(CS)C(=O)NC(CO)C(=O)O. The number of carboxylic acids is 1. The Kier molecular flexibility index (Phi) is 11.2. The first-order chi connectivity index (χ1) is 15.1. The van der Waals surface area contributed by atoms with Crippen LogP contribution in [0.1, 0.15) is 12.0 Å². The van der Waals surface area contributed by atoms with E-state index in [0.29, 0.717) is 0 Å². The van der Waals surface area contributed by atoms with Crippen LogP contribution in [0.5, 0.6) is 0 Å². The van der Waals surface area contributed by atoms with Gasteiger partial charge in [0.2, 0.25) is 23.6 Å². The number of benzene rings is 1. The minimum Gasteiger partial charge on any atom is -0.480 e. The maximum Gasteiger partial charge on any atom is 0.328 e. The van der Waals surface area contributed by atoms with Gasteiger partial charge in [0.15, 0.2) is 0 Å². The number of aliphatic hydroxyl groups is 1. The van der Waals surface area contributed by atoms with E-state index in [1.807, 2.05) is 5.32 Å². The molecule has 4 atom stereocenters. The molecule has 32 heavy (non-hydrogen) atoms. The first-order valence-electron chi connectivity index (χ1n) is 9.52. The van der Waals surface area contributed by atoms with Crippen molar-refractivity contribution in [3.05, 3.63) is 35.9 Å². The summed E-state index contributed by atoms with van der Waals surface area (Å²) in [5.74, 6) is -5.17. The van der Waals surface area contributed by atoms with E-state index in [1.165, 1.54) is 0 Å². The van der Waals surface area contributed by atoms with E-state index in [2.05, 4.69) is 23.3 Å². The lowest BCUT2D eigenvalue weighted by Gasteiger charge is -2.23. The minimum atomic E-state index is -1.58. The fourth-order valence-electron chi connectivity index (χ4n) is 2.57. The molecule has 0 aliphatic heterocycles. The van der Waals surface area contributed by atoms with Gasteiger partial charge in [-0.25, -0.2) is 4.79 Å². The van der Waals surface area contributed by atoms with Crippen molar-refractivity contribution in [3.8, 4) is 0 Å². The van der Waals surface area contributed by atoms with Crippen molar-refractivity contribution in [2.45, 2.75) is 37.0 Å². The predicted octanol–water partition coefficient (Wildman–Crippen LogP) is -3.11. The highest BCUT2D eigenvalue weighted by atomic mass is 32.1. The summed E-state index contributed by atoms with van der Waals surface area (Å²) in [7, 11) is 0. The second-order valence-electron chi connectivity index (χ2n) is 6.85. The van der Waals surface area contributed by atoms with Gasteiger partial charge in [-0.1, -0.05) is 30.3 Å². The van der Waals surface area contributed by atoms with E-state index in [0.717, 1.165) is 5.56 Å². The highest BCUT2D eigenvalue weighted by Crippen LogP contribution is 2.03. The molecule has 0 radical (unpaired) electrons. The average molecular weight is 470 g/mol. The Morgan fingerprint density at radius 1 is 0.906 bits per heavy atom. The number of aliphatic hydroxyl groups excluding tert-OH is 1. The minimum absolute atomic E-state index is 0.178. The zero-order valence-electron chi connectivity index (χ0n) is 17.1. The number of nitrogens with two attached hydrogens (primary N) is 2. The van der Waals surface area contributed by atoms with Gasteiger partial charge in [-0.05, 0) is 12.0 Å². The third-order valence-corrected chi connectivity index (χ3v) is 4.65. The number of nitrogens with one attached hydrogen (secondary N) is 3. The zero-order valence-corrected chi connectivity index (χ0v) is 18.0. The Morgan fingerprint density at radius 3 is 1.94 bits per heavy atom. The smallest absolute Gasteiger partial charge is 0.328 e. The van der Waals surface area contributed by atoms with Crippen LogP contribution in [0.25, 0.3) is 0 Å². The molecule has 0 spiro atoms. The number of thiol groups is 1. The van der Waals surface area contributed by atoms with Crippen molar-refractivity contribution < 1.29 is 34.2 Å². The molecule has 12 nitrogen and oxygen atoms in total. The number of primary amides is 1. The highest BCUT2D eigenvalue weighted by molar-refractivity contribution is 7.80. The number of carbonyl (C=O) groups is 5. The zero-order chi connectivity index (χ0) is 24.3. The van der Waals surface area contributed by atoms with Gasteiger partial charge in [-0.2, -0.15) is 12.6 Å². The lowest BCUT2D eigenvalue weighted by atomic mass is 10.1. The van der Waals surface area contributed by atoms with Crippen molar-refractivity contribution in [3.63, 3.8) is 0 Å². The summed E-state index contributed by atoms with van der Waals surface area (Å²) >= 11 is 3.94. The van der Waals surface area contributed by atoms with Crippen LogP contribution in [0, 0.1) is 0 Å². The first kappa shape index (κ1) is 26.9. The monoisotopic (exact) mass is 469 g/mol. The average Bonchev–Trinajstić information content (AvgIpc) is 2.74. The van der Waals surface area contributed by atoms with Gasteiger partial charge in [-0.3, -0.25) is 19.2 Å². The van der Waals surface area contributed by atoms with Crippen molar-refractivity contribution in [1.82, 2.24) is 16.0 Å². The number of carbonyl (C=O) groups excluding carboxylic acids is 4. The summed E-state index contributed by atoms with van der Waals surface area (Å²) in [4.78, 5) is 59.6. The summed E-state index contributed by atoms with van der Waals surface area (Å²) in [5, 5.41) is 24.6. The van der Waals surface area contributed by atoms with E-state index >= 15 is 0 Å². The molecular weight excluding hydrogens is 442 g/mol. The van der Waals surface area contributed by atoms with Crippen molar-refractivity contribution >= 4 is 42.2 Å². The maximum atomic E-state index is 12.6. The lowest BCUT2D eigenvalue weighted by Crippen LogP contribution is -2.58. The van der Waals surface area contributed by atoms with Crippen LogP contribution in [0.4, 0.5) is 0 Å². The Labute approximate surface area is 189 Å². The number of amides is 4. The van der Waals surface area contributed by atoms with Gasteiger partial charge in [0, 0.05) is 5.75 Å². The van der Waals surface area contributed by atoms with E-state index in [4.69, 9.17) is 21.7 Å². The molecule has 1 aromatic rings. The van der Waals surface area contributed by atoms with E-state index in [-0.39, 0.29) is 12.2 Å². The molecule has 0 saturated heterocycles. The van der Waals surface area contributed by atoms with Crippen LogP contribution in [-0.4, -0.2) is 76.3 Å². The van der Waals surface area contributed by atoms with E-state index in [9.17, 15) is 24.0 Å². The number of aliphatic carboxylic acids is 1. The molecule has 0 saturated carbocycles. The standard InChI is InChI=1S/C19H27N5O7S/c20-11(6-10-4-2-1-3-5-10)16(27)22-12(7-15(21)26)17(28)24-14(9-32)18(29)23-13(8-25)19(30)31/h1-5,11-14,25,32H,6-9,20H2,(H2,21,26)(H,22,27)(H,23,29)(H,24,28)(H,30,31). The molecule has 13 heteroatoms. The molecule has 1 aromatic carbocycles. The van der Waals surface area contributed by atoms with Crippen molar-refractivity contribution in [1.29, 1.82) is 0 Å². The molecule has 0 aromatic heterocycles. The second-order valence-corrected chi connectivity index (χ2v) is 7.22. The summed E-state index contributed by atoms with van der Waals surface area (Å²) in [6.45, 7) is -0.867. The highest BCUT2D eigenvalue weighted by Gasteiger charge is 2.30. The summed E-state index contributed by atoms with van der Waals surface area (Å²) in [6.07, 6.45) is -0.387. The normalized spacial score (nSPS) is 14.3. The van der Waals surface area contributed by atoms with E-state index in [1.54, 1.807) is 30.3 Å². The largest absolute Gasteiger partial charge is 0.480 e. The molecule has 176 valence electrons. The van der Waals surface area contributed by atoms with Crippen LogP contribution in [-0.2, 0) is 30.4 Å². The van der Waals surface area contributed by atoms with Gasteiger partial charge in [0.25, 0.3) is 0 Å². The van der Waals surface area contributed by atoms with Crippen LogP contribution < -0.4 is 27.4 Å². The second kappa shape index (κ2) is 13.3. The number of rotatable bonds is 13. The number of carboxylic acid groups (broad SMARTS) is 1. The molecule has 4 amide bonds. The molecule has 4 unspecified atom stereocenters. The van der Waals surface area contributed by atoms with Gasteiger partial charge in [0.1, 0.15) is 18.1 Å². The topological polar surface area (TPSA) is 214 Å². The lowest BCUT2D eigenvalue weighted by molar-refractivity contribution is -0.143. The molecule has 0 heterocycles. The van der Waals surface area contributed by atoms with Gasteiger partial charge in [-0.15, -0.1) is 0 Å². The van der Waals surface area contributed by atoms with Crippen LogP contribution in [0.2, 0.25) is 0 Å². The molecule has 0 fully saturated rings. The quantitative estimate of drug-likeness (QED) is 0.138. The van der Waals surface area contributed by atoms with Gasteiger partial charge in [0.05, 0.1) is 19.1 Å². The Balaban J connectivity index is 2.82. The fourth-order valence-corrected chi connectivity index (χ4v) is 2.83. The summed E-state index contributed by atoms with van der Waals surface area (Å²) < 4.78 is 0. The van der Waals surface area contributed by atoms with Crippen LogP contribution >= 0.6 is 12.6 Å². The Morgan fingerprint density at radius 2 is 1.44 bits per heavy atom. The molecular formula is C19H27N5O7S. The summed E-state index contributed by atoms with van der Waals surface area (Å²) in [6, 6.07) is 3.55. The van der Waals surface area contributed by atoms with Gasteiger partial charge >= 0.3 is 5.97 Å². The molecule has 1 rings (SSSR count). The molecule has 0 aliphatic carbocycles. The van der Waals surface area contributed by atoms with E-state index < -0.39 is 66.8 Å².